The van der Waals surface area contributed by atoms with Gasteiger partial charge in [-0.1, -0.05) is 0 Å². The summed E-state index contributed by atoms with van der Waals surface area (Å²) in [5, 5.41) is 8.76. The van der Waals surface area contributed by atoms with Crippen molar-refractivity contribution >= 4 is 5.97 Å². The summed E-state index contributed by atoms with van der Waals surface area (Å²) in [6.45, 7) is 4.60. The first-order chi connectivity index (χ1) is 8.46. The topological polar surface area (TPSA) is 65.0 Å². The van der Waals surface area contributed by atoms with E-state index in [4.69, 9.17) is 19.3 Å². The molecule has 5 heteroatoms. The largest absolute Gasteiger partial charge is 0.491 e. The maximum Gasteiger partial charge on any atom is 0.335 e. The Kier molecular flexibility index (Phi) is 3.54. The Morgan fingerprint density at radius 3 is 2.61 bits per heavy atom. The van der Waals surface area contributed by atoms with E-state index in [9.17, 15) is 4.79 Å². The third-order valence-corrected chi connectivity index (χ3v) is 2.60. The van der Waals surface area contributed by atoms with Crippen molar-refractivity contribution in [3.8, 4) is 5.75 Å². The quantitative estimate of drug-likeness (QED) is 0.886. The van der Waals surface area contributed by atoms with Gasteiger partial charge in [-0.3, -0.25) is 0 Å². The second-order valence-corrected chi connectivity index (χ2v) is 4.59. The van der Waals surface area contributed by atoms with Crippen molar-refractivity contribution in [2.75, 3.05) is 13.2 Å². The number of aromatic carboxylic acids is 1. The van der Waals surface area contributed by atoms with Crippen molar-refractivity contribution in [1.29, 1.82) is 0 Å². The summed E-state index contributed by atoms with van der Waals surface area (Å²) in [6.07, 6.45) is -0.0980. The molecular formula is C13H16O5. The highest BCUT2D eigenvalue weighted by atomic mass is 16.7. The molecule has 0 bridgehead atoms. The van der Waals surface area contributed by atoms with Gasteiger partial charge >= 0.3 is 5.97 Å². The molecule has 0 spiro atoms. The molecule has 1 heterocycles. The van der Waals surface area contributed by atoms with Crippen LogP contribution in [0.25, 0.3) is 0 Å². The van der Waals surface area contributed by atoms with Crippen molar-refractivity contribution in [2.24, 2.45) is 0 Å². The van der Waals surface area contributed by atoms with Gasteiger partial charge in [-0.15, -0.1) is 0 Å². The van der Waals surface area contributed by atoms with E-state index in [1.165, 1.54) is 12.1 Å². The molecule has 1 fully saturated rings. The predicted molar refractivity (Wildman–Crippen MR) is 63.8 cm³/mol. The Hall–Kier alpha value is -1.59. The summed E-state index contributed by atoms with van der Waals surface area (Å²) in [4.78, 5) is 10.7. The zero-order chi connectivity index (χ0) is 13.2. The van der Waals surface area contributed by atoms with Gasteiger partial charge in [0.05, 0.1) is 12.2 Å². The summed E-state index contributed by atoms with van der Waals surface area (Å²) in [5.74, 6) is -0.884. The molecule has 18 heavy (non-hydrogen) atoms. The molecule has 0 radical (unpaired) electrons. The first kappa shape index (κ1) is 12.9. The Bertz CT molecular complexity index is 424. The molecule has 1 atom stereocenters. The fourth-order valence-corrected chi connectivity index (χ4v) is 1.73. The number of hydrogen-bond donors (Lipinski definition) is 1. The number of benzene rings is 1. The Labute approximate surface area is 105 Å². The minimum atomic E-state index is -0.948. The van der Waals surface area contributed by atoms with Gasteiger partial charge in [0.25, 0.3) is 0 Å². The highest BCUT2D eigenvalue weighted by Gasteiger charge is 2.32. The number of carboxylic acids is 1. The van der Waals surface area contributed by atoms with Gasteiger partial charge in [0.1, 0.15) is 18.5 Å². The number of carbonyl (C=O) groups is 1. The van der Waals surface area contributed by atoms with E-state index in [0.717, 1.165) is 0 Å². The molecule has 0 saturated carbocycles. The molecule has 1 saturated heterocycles. The van der Waals surface area contributed by atoms with Crippen LogP contribution in [0, 0.1) is 0 Å². The summed E-state index contributed by atoms with van der Waals surface area (Å²) in [5.41, 5.74) is 0.240. The van der Waals surface area contributed by atoms with Crippen LogP contribution < -0.4 is 4.74 Å². The molecule has 0 aromatic heterocycles. The minimum absolute atomic E-state index is 0.0980. The van der Waals surface area contributed by atoms with Crippen molar-refractivity contribution in [3.05, 3.63) is 29.8 Å². The molecule has 0 amide bonds. The van der Waals surface area contributed by atoms with E-state index in [2.05, 4.69) is 0 Å². The van der Waals surface area contributed by atoms with Crippen LogP contribution in [0.1, 0.15) is 24.2 Å². The van der Waals surface area contributed by atoms with Crippen LogP contribution in [0.5, 0.6) is 5.75 Å². The Morgan fingerprint density at radius 2 is 2.11 bits per heavy atom. The summed E-state index contributed by atoms with van der Waals surface area (Å²) in [7, 11) is 0. The molecule has 1 aliphatic rings. The van der Waals surface area contributed by atoms with Crippen LogP contribution in [-0.4, -0.2) is 36.2 Å². The lowest BCUT2D eigenvalue weighted by molar-refractivity contribution is -0.141. The molecule has 2 rings (SSSR count). The maximum absolute atomic E-state index is 10.7. The number of ether oxygens (including phenoxy) is 3. The van der Waals surface area contributed by atoms with Gasteiger partial charge in [0.15, 0.2) is 5.79 Å². The lowest BCUT2D eigenvalue weighted by Crippen LogP contribution is -2.25. The fourth-order valence-electron chi connectivity index (χ4n) is 1.73. The molecule has 1 aliphatic heterocycles. The van der Waals surface area contributed by atoms with Crippen LogP contribution in [0.4, 0.5) is 0 Å². The number of carboxylic acid groups (broad SMARTS) is 1. The van der Waals surface area contributed by atoms with E-state index in [1.807, 2.05) is 13.8 Å². The summed E-state index contributed by atoms with van der Waals surface area (Å²) < 4.78 is 16.5. The van der Waals surface area contributed by atoms with Crippen molar-refractivity contribution < 1.29 is 24.1 Å². The van der Waals surface area contributed by atoms with E-state index in [1.54, 1.807) is 12.1 Å². The standard InChI is InChI=1S/C13H16O5/c1-13(2)17-8-11(18-13)7-16-10-5-3-9(4-6-10)12(14)15/h3-6,11H,7-8H2,1-2H3,(H,14,15)/t11-/m0/s1. The van der Waals surface area contributed by atoms with Crippen molar-refractivity contribution in [1.82, 2.24) is 0 Å². The third kappa shape index (κ3) is 3.21. The molecule has 98 valence electrons. The average molecular weight is 252 g/mol. The van der Waals surface area contributed by atoms with Crippen LogP contribution >= 0.6 is 0 Å². The second-order valence-electron chi connectivity index (χ2n) is 4.59. The monoisotopic (exact) mass is 252 g/mol. The molecule has 1 N–H and O–H groups in total. The van der Waals surface area contributed by atoms with Gasteiger partial charge in [-0.25, -0.2) is 4.79 Å². The van der Waals surface area contributed by atoms with Crippen LogP contribution in [0.3, 0.4) is 0 Å². The highest BCUT2D eigenvalue weighted by Crippen LogP contribution is 2.23. The first-order valence-electron chi connectivity index (χ1n) is 5.74. The zero-order valence-electron chi connectivity index (χ0n) is 10.4. The number of hydrogen-bond acceptors (Lipinski definition) is 4. The van der Waals surface area contributed by atoms with Gasteiger partial charge in [0, 0.05) is 0 Å². The molecule has 1 aromatic rings. The molecular weight excluding hydrogens is 236 g/mol. The average Bonchev–Trinajstić information content (AvgIpc) is 2.67. The second kappa shape index (κ2) is 4.96. The first-order valence-corrected chi connectivity index (χ1v) is 5.74. The number of rotatable bonds is 4. The van der Waals surface area contributed by atoms with E-state index < -0.39 is 11.8 Å². The summed E-state index contributed by atoms with van der Waals surface area (Å²) in [6, 6.07) is 6.27. The van der Waals surface area contributed by atoms with Gasteiger partial charge in [-0.05, 0) is 38.1 Å². The van der Waals surface area contributed by atoms with Gasteiger partial charge in [-0.2, -0.15) is 0 Å². The van der Waals surface area contributed by atoms with E-state index in [0.29, 0.717) is 19.0 Å². The maximum atomic E-state index is 10.7. The van der Waals surface area contributed by atoms with Crippen LogP contribution in [0.15, 0.2) is 24.3 Å². The molecule has 1 aromatic carbocycles. The van der Waals surface area contributed by atoms with Gasteiger partial charge < -0.3 is 19.3 Å². The smallest absolute Gasteiger partial charge is 0.335 e. The van der Waals surface area contributed by atoms with Crippen LogP contribution in [-0.2, 0) is 9.47 Å². The molecule has 5 nitrogen and oxygen atoms in total. The Morgan fingerprint density at radius 1 is 1.44 bits per heavy atom. The molecule has 0 unspecified atom stereocenters. The van der Waals surface area contributed by atoms with Crippen LogP contribution in [0.2, 0.25) is 0 Å². The van der Waals surface area contributed by atoms with Crippen molar-refractivity contribution in [2.45, 2.75) is 25.7 Å². The summed E-state index contributed by atoms with van der Waals surface area (Å²) >= 11 is 0. The zero-order valence-corrected chi connectivity index (χ0v) is 10.4. The SMILES string of the molecule is CC1(C)OC[C@H](COc2ccc(C(=O)O)cc2)O1. The Balaban J connectivity index is 1.85. The lowest BCUT2D eigenvalue weighted by Gasteiger charge is -2.17. The highest BCUT2D eigenvalue weighted by molar-refractivity contribution is 5.87. The normalized spacial score (nSPS) is 21.8. The van der Waals surface area contributed by atoms with Crippen molar-refractivity contribution in [3.63, 3.8) is 0 Å². The molecule has 0 aliphatic carbocycles. The van der Waals surface area contributed by atoms with E-state index in [-0.39, 0.29) is 11.7 Å². The minimum Gasteiger partial charge on any atom is -0.491 e. The third-order valence-electron chi connectivity index (χ3n) is 2.60. The fraction of sp³-hybridized carbons (Fsp3) is 0.462. The lowest BCUT2D eigenvalue weighted by atomic mass is 10.2. The van der Waals surface area contributed by atoms with Gasteiger partial charge in [0.2, 0.25) is 0 Å². The predicted octanol–water partition coefficient (Wildman–Crippen LogP) is 1.92. The van der Waals surface area contributed by atoms with E-state index >= 15 is 0 Å².